The Morgan fingerprint density at radius 2 is 2.04 bits per heavy atom. The van der Waals surface area contributed by atoms with E-state index in [1.165, 1.54) is 0 Å². The fraction of sp³-hybridized carbons (Fsp3) is 0.222. The molecule has 0 saturated heterocycles. The number of amides is 1. The van der Waals surface area contributed by atoms with Gasteiger partial charge < -0.3 is 14.8 Å². The average Bonchev–Trinajstić information content (AvgIpc) is 3.10. The second-order valence-electron chi connectivity index (χ2n) is 5.67. The molecule has 1 aromatic heterocycles. The van der Waals surface area contributed by atoms with Crippen molar-refractivity contribution in [3.8, 4) is 11.5 Å². The largest absolute Gasteiger partial charge is 0.486 e. The Labute approximate surface area is 138 Å². The first kappa shape index (κ1) is 14.6. The molecule has 2 heterocycles. The monoisotopic (exact) mass is 323 g/mol. The summed E-state index contributed by atoms with van der Waals surface area (Å²) in [7, 11) is 0. The van der Waals surface area contributed by atoms with Gasteiger partial charge in [-0.2, -0.15) is 5.10 Å². The van der Waals surface area contributed by atoms with Gasteiger partial charge in [-0.15, -0.1) is 0 Å². The van der Waals surface area contributed by atoms with Crippen LogP contribution in [0.25, 0.3) is 10.9 Å². The minimum Gasteiger partial charge on any atom is -0.486 e. The number of nitrogens with zero attached hydrogens (tertiary/aromatic N) is 1. The molecule has 122 valence electrons. The maximum absolute atomic E-state index is 12.2. The SMILES string of the molecule is O=C(CCc1ccc2c(c1)OCCO2)Nc1cccc2cn[nH]c12. The summed E-state index contributed by atoms with van der Waals surface area (Å²) >= 11 is 0. The maximum atomic E-state index is 12.2. The first-order valence-corrected chi connectivity index (χ1v) is 7.90. The normalized spacial score (nSPS) is 13.0. The van der Waals surface area contributed by atoms with E-state index in [9.17, 15) is 4.79 Å². The van der Waals surface area contributed by atoms with Crippen LogP contribution < -0.4 is 14.8 Å². The van der Waals surface area contributed by atoms with Crippen LogP contribution in [0.15, 0.2) is 42.6 Å². The zero-order valence-corrected chi connectivity index (χ0v) is 13.0. The summed E-state index contributed by atoms with van der Waals surface area (Å²) in [6, 6.07) is 11.5. The molecule has 0 aliphatic carbocycles. The van der Waals surface area contributed by atoms with E-state index in [2.05, 4.69) is 15.5 Å². The summed E-state index contributed by atoms with van der Waals surface area (Å²) in [6.07, 6.45) is 2.77. The van der Waals surface area contributed by atoms with Crippen LogP contribution in [0.3, 0.4) is 0 Å². The van der Waals surface area contributed by atoms with Crippen molar-refractivity contribution in [1.29, 1.82) is 0 Å². The summed E-state index contributed by atoms with van der Waals surface area (Å²) in [4.78, 5) is 12.2. The van der Waals surface area contributed by atoms with Crippen LogP contribution in [-0.4, -0.2) is 29.3 Å². The molecule has 0 saturated carbocycles. The smallest absolute Gasteiger partial charge is 0.224 e. The molecule has 0 spiro atoms. The van der Waals surface area contributed by atoms with Gasteiger partial charge in [-0.25, -0.2) is 0 Å². The fourth-order valence-electron chi connectivity index (χ4n) is 2.79. The van der Waals surface area contributed by atoms with Crippen molar-refractivity contribution >= 4 is 22.5 Å². The summed E-state index contributed by atoms with van der Waals surface area (Å²) < 4.78 is 11.1. The molecule has 2 aromatic carbocycles. The Balaban J connectivity index is 1.41. The third-order valence-electron chi connectivity index (χ3n) is 4.00. The maximum Gasteiger partial charge on any atom is 0.224 e. The summed E-state index contributed by atoms with van der Waals surface area (Å²) in [5.41, 5.74) is 2.64. The van der Waals surface area contributed by atoms with Crippen molar-refractivity contribution in [1.82, 2.24) is 10.2 Å². The molecule has 1 amide bonds. The predicted molar refractivity (Wildman–Crippen MR) is 90.5 cm³/mol. The van der Waals surface area contributed by atoms with E-state index in [0.717, 1.165) is 33.7 Å². The number of H-pyrrole nitrogens is 1. The van der Waals surface area contributed by atoms with E-state index in [1.54, 1.807) is 6.20 Å². The van der Waals surface area contributed by atoms with Crippen molar-refractivity contribution in [2.75, 3.05) is 18.5 Å². The summed E-state index contributed by atoms with van der Waals surface area (Å²) in [5, 5.41) is 10.8. The number of rotatable bonds is 4. The lowest BCUT2D eigenvalue weighted by atomic mass is 10.1. The number of aromatic nitrogens is 2. The minimum absolute atomic E-state index is 0.0352. The average molecular weight is 323 g/mol. The van der Waals surface area contributed by atoms with Gasteiger partial charge in [0.15, 0.2) is 11.5 Å². The lowest BCUT2D eigenvalue weighted by Crippen LogP contribution is -2.16. The number of aromatic amines is 1. The van der Waals surface area contributed by atoms with Crippen molar-refractivity contribution in [3.05, 3.63) is 48.2 Å². The van der Waals surface area contributed by atoms with Gasteiger partial charge in [0.05, 0.1) is 17.4 Å². The van der Waals surface area contributed by atoms with Crippen molar-refractivity contribution < 1.29 is 14.3 Å². The van der Waals surface area contributed by atoms with Crippen LogP contribution in [0.1, 0.15) is 12.0 Å². The van der Waals surface area contributed by atoms with Crippen LogP contribution in [0.4, 0.5) is 5.69 Å². The molecular weight excluding hydrogens is 306 g/mol. The summed E-state index contributed by atoms with van der Waals surface area (Å²) in [5.74, 6) is 1.48. The highest BCUT2D eigenvalue weighted by molar-refractivity contribution is 6.00. The van der Waals surface area contributed by atoms with Gasteiger partial charge in [0.2, 0.25) is 5.91 Å². The van der Waals surface area contributed by atoms with Gasteiger partial charge in [-0.05, 0) is 30.2 Å². The molecule has 0 radical (unpaired) electrons. The lowest BCUT2D eigenvalue weighted by Gasteiger charge is -2.18. The molecule has 1 aliphatic rings. The molecule has 0 atom stereocenters. The highest BCUT2D eigenvalue weighted by atomic mass is 16.6. The minimum atomic E-state index is -0.0352. The van der Waals surface area contributed by atoms with Crippen LogP contribution in [0, 0.1) is 0 Å². The first-order valence-electron chi connectivity index (χ1n) is 7.90. The Kier molecular flexibility index (Phi) is 3.78. The van der Waals surface area contributed by atoms with Crippen LogP contribution in [-0.2, 0) is 11.2 Å². The molecule has 2 N–H and O–H groups in total. The molecule has 0 bridgehead atoms. The second-order valence-corrected chi connectivity index (χ2v) is 5.67. The summed E-state index contributed by atoms with van der Waals surface area (Å²) in [6.45, 7) is 1.14. The van der Waals surface area contributed by atoms with Gasteiger partial charge in [0, 0.05) is 11.8 Å². The number of aryl methyl sites for hydroxylation is 1. The quantitative estimate of drug-likeness (QED) is 0.774. The Hall–Kier alpha value is -3.02. The first-order chi connectivity index (χ1) is 11.8. The number of carbonyl (C=O) groups is 1. The number of fused-ring (bicyclic) bond motifs is 2. The molecule has 0 fully saturated rings. The highest BCUT2D eigenvalue weighted by Gasteiger charge is 2.13. The third-order valence-corrected chi connectivity index (χ3v) is 4.00. The number of anilines is 1. The second kappa shape index (κ2) is 6.23. The number of hydrogen-bond acceptors (Lipinski definition) is 4. The van der Waals surface area contributed by atoms with Gasteiger partial charge in [-0.1, -0.05) is 18.2 Å². The number of ether oxygens (including phenoxy) is 2. The van der Waals surface area contributed by atoms with Crippen molar-refractivity contribution in [2.45, 2.75) is 12.8 Å². The number of hydrogen-bond donors (Lipinski definition) is 2. The van der Waals surface area contributed by atoms with E-state index >= 15 is 0 Å². The standard InChI is InChI=1S/C18H17N3O3/c22-17(20-14-3-1-2-13-11-19-21-18(13)14)7-5-12-4-6-15-16(10-12)24-9-8-23-15/h1-4,6,10-11H,5,7-9H2,(H,19,21)(H,20,22). The number of nitrogens with one attached hydrogen (secondary N) is 2. The number of benzene rings is 2. The molecule has 0 unspecified atom stereocenters. The lowest BCUT2D eigenvalue weighted by molar-refractivity contribution is -0.116. The topological polar surface area (TPSA) is 76.2 Å². The number of para-hydroxylation sites is 1. The van der Waals surface area contributed by atoms with Gasteiger partial charge in [0.25, 0.3) is 0 Å². The van der Waals surface area contributed by atoms with Crippen LogP contribution >= 0.6 is 0 Å². The molecule has 6 heteroatoms. The van der Waals surface area contributed by atoms with Crippen molar-refractivity contribution in [2.24, 2.45) is 0 Å². The van der Waals surface area contributed by atoms with E-state index < -0.39 is 0 Å². The predicted octanol–water partition coefficient (Wildman–Crippen LogP) is 2.91. The van der Waals surface area contributed by atoms with Crippen LogP contribution in [0.5, 0.6) is 11.5 Å². The number of carbonyl (C=O) groups excluding carboxylic acids is 1. The molecule has 24 heavy (non-hydrogen) atoms. The van der Waals surface area contributed by atoms with E-state index in [1.807, 2.05) is 36.4 Å². The molecule has 3 aromatic rings. The zero-order chi connectivity index (χ0) is 16.4. The zero-order valence-electron chi connectivity index (χ0n) is 13.0. The fourth-order valence-corrected chi connectivity index (χ4v) is 2.79. The van der Waals surface area contributed by atoms with Gasteiger partial charge in [0.1, 0.15) is 13.2 Å². The third kappa shape index (κ3) is 2.90. The highest BCUT2D eigenvalue weighted by Crippen LogP contribution is 2.31. The molecule has 6 nitrogen and oxygen atoms in total. The Bertz CT molecular complexity index is 888. The van der Waals surface area contributed by atoms with Crippen LogP contribution in [0.2, 0.25) is 0 Å². The van der Waals surface area contributed by atoms with Gasteiger partial charge >= 0.3 is 0 Å². The molecule has 4 rings (SSSR count). The molecular formula is C18H17N3O3. The van der Waals surface area contributed by atoms with E-state index in [0.29, 0.717) is 26.1 Å². The van der Waals surface area contributed by atoms with Gasteiger partial charge in [-0.3, -0.25) is 9.89 Å². The Morgan fingerprint density at radius 1 is 1.17 bits per heavy atom. The van der Waals surface area contributed by atoms with E-state index in [4.69, 9.17) is 9.47 Å². The Morgan fingerprint density at radius 3 is 2.96 bits per heavy atom. The van der Waals surface area contributed by atoms with E-state index in [-0.39, 0.29) is 5.91 Å². The molecule has 1 aliphatic heterocycles. The van der Waals surface area contributed by atoms with Crippen molar-refractivity contribution in [3.63, 3.8) is 0 Å².